The fourth-order valence-electron chi connectivity index (χ4n) is 1.67. The van der Waals surface area contributed by atoms with Crippen LogP contribution < -0.4 is 10.5 Å². The fourth-order valence-corrected chi connectivity index (χ4v) is 1.67. The van der Waals surface area contributed by atoms with Gasteiger partial charge in [0, 0.05) is 5.56 Å². The van der Waals surface area contributed by atoms with Crippen LogP contribution in [-0.4, -0.2) is 18.4 Å². The Morgan fingerprint density at radius 1 is 1.09 bits per heavy atom. The van der Waals surface area contributed by atoms with E-state index in [1.54, 1.807) is 24.3 Å². The molecule has 0 aliphatic carbocycles. The number of nitrogens with zero attached hydrogens (tertiary/aromatic N) is 1. The molecule has 0 bridgehead atoms. The summed E-state index contributed by atoms with van der Waals surface area (Å²) in [6.07, 6.45) is 0. The molecule has 0 saturated heterocycles. The molecule has 0 saturated carbocycles. The van der Waals surface area contributed by atoms with Crippen molar-refractivity contribution in [1.82, 2.24) is 0 Å². The van der Waals surface area contributed by atoms with Crippen molar-refractivity contribution in [2.45, 2.75) is 6.92 Å². The van der Waals surface area contributed by atoms with Crippen LogP contribution in [0.4, 0.5) is 4.39 Å². The summed E-state index contributed by atoms with van der Waals surface area (Å²) in [6.45, 7) is 2.41. The maximum absolute atomic E-state index is 12.8. The van der Waals surface area contributed by atoms with E-state index in [0.29, 0.717) is 23.5 Å². The molecule has 0 spiro atoms. The largest absolute Gasteiger partial charge is 0.494 e. The van der Waals surface area contributed by atoms with Gasteiger partial charge in [-0.2, -0.15) is 0 Å². The Kier molecular flexibility index (Phi) is 5.08. The van der Waals surface area contributed by atoms with E-state index >= 15 is 0 Å². The standard InChI is InChI=1S/C16H15FN2O3/c1-2-21-14-9-5-12(6-10-14)16(20)22-19-15(18)11-3-7-13(17)8-4-11/h3-10H,2H2,1H3,(H2,18,19). The Morgan fingerprint density at radius 2 is 1.68 bits per heavy atom. The molecule has 2 aromatic rings. The summed E-state index contributed by atoms with van der Waals surface area (Å²) in [6, 6.07) is 11.8. The molecule has 0 aliphatic heterocycles. The number of hydrogen-bond donors (Lipinski definition) is 1. The van der Waals surface area contributed by atoms with Gasteiger partial charge in [-0.15, -0.1) is 0 Å². The van der Waals surface area contributed by atoms with Gasteiger partial charge in [0.15, 0.2) is 5.84 Å². The zero-order chi connectivity index (χ0) is 15.9. The van der Waals surface area contributed by atoms with Crippen molar-refractivity contribution in [1.29, 1.82) is 0 Å². The Bertz CT molecular complexity index is 667. The van der Waals surface area contributed by atoms with Crippen molar-refractivity contribution in [2.24, 2.45) is 10.9 Å². The predicted molar refractivity (Wildman–Crippen MR) is 80.2 cm³/mol. The topological polar surface area (TPSA) is 73.9 Å². The van der Waals surface area contributed by atoms with Gasteiger partial charge in [0.25, 0.3) is 0 Å². The Labute approximate surface area is 127 Å². The number of hydrogen-bond acceptors (Lipinski definition) is 4. The zero-order valence-corrected chi connectivity index (χ0v) is 12.0. The van der Waals surface area contributed by atoms with Crippen molar-refractivity contribution in [2.75, 3.05) is 6.61 Å². The average molecular weight is 302 g/mol. The average Bonchev–Trinajstić information content (AvgIpc) is 2.54. The van der Waals surface area contributed by atoms with Crippen LogP contribution in [0.15, 0.2) is 53.7 Å². The van der Waals surface area contributed by atoms with Gasteiger partial charge < -0.3 is 15.3 Å². The summed E-state index contributed by atoms with van der Waals surface area (Å²) >= 11 is 0. The molecular formula is C16H15FN2O3. The predicted octanol–water partition coefficient (Wildman–Crippen LogP) is 2.70. The van der Waals surface area contributed by atoms with E-state index in [4.69, 9.17) is 15.3 Å². The van der Waals surface area contributed by atoms with Gasteiger partial charge in [-0.3, -0.25) is 0 Å². The number of carbonyl (C=O) groups excluding carboxylic acids is 1. The van der Waals surface area contributed by atoms with Gasteiger partial charge >= 0.3 is 5.97 Å². The van der Waals surface area contributed by atoms with Crippen LogP contribution in [0, 0.1) is 5.82 Å². The van der Waals surface area contributed by atoms with E-state index in [1.165, 1.54) is 24.3 Å². The number of amidine groups is 1. The molecule has 0 aromatic heterocycles. The van der Waals surface area contributed by atoms with Crippen LogP contribution in [0.25, 0.3) is 0 Å². The third-order valence-electron chi connectivity index (χ3n) is 2.77. The van der Waals surface area contributed by atoms with Crippen LogP contribution in [0.5, 0.6) is 5.75 Å². The first-order chi connectivity index (χ1) is 10.6. The maximum atomic E-state index is 12.8. The van der Waals surface area contributed by atoms with Crippen molar-refractivity contribution < 1.29 is 18.8 Å². The van der Waals surface area contributed by atoms with Crippen molar-refractivity contribution in [3.63, 3.8) is 0 Å². The highest BCUT2D eigenvalue weighted by atomic mass is 19.1. The lowest BCUT2D eigenvalue weighted by molar-refractivity contribution is 0.0516. The zero-order valence-electron chi connectivity index (χ0n) is 12.0. The second-order valence-electron chi connectivity index (χ2n) is 4.32. The normalized spacial score (nSPS) is 11.1. The summed E-state index contributed by atoms with van der Waals surface area (Å²) in [5.41, 5.74) is 6.44. The van der Waals surface area contributed by atoms with Gasteiger partial charge in [0.2, 0.25) is 0 Å². The lowest BCUT2D eigenvalue weighted by atomic mass is 10.2. The number of nitrogens with two attached hydrogens (primary N) is 1. The van der Waals surface area contributed by atoms with Crippen molar-refractivity contribution in [3.05, 3.63) is 65.5 Å². The van der Waals surface area contributed by atoms with Gasteiger partial charge in [-0.1, -0.05) is 5.16 Å². The summed E-state index contributed by atoms with van der Waals surface area (Å²) in [7, 11) is 0. The molecule has 0 amide bonds. The first-order valence-corrected chi connectivity index (χ1v) is 6.63. The molecule has 0 heterocycles. The second-order valence-corrected chi connectivity index (χ2v) is 4.32. The number of rotatable bonds is 5. The van der Waals surface area contributed by atoms with Crippen LogP contribution in [0.3, 0.4) is 0 Å². The highest BCUT2D eigenvalue weighted by molar-refractivity contribution is 5.98. The third kappa shape index (κ3) is 4.05. The lowest BCUT2D eigenvalue weighted by Gasteiger charge is -2.04. The van der Waals surface area contributed by atoms with Crippen LogP contribution >= 0.6 is 0 Å². The number of halogens is 1. The third-order valence-corrected chi connectivity index (χ3v) is 2.77. The first-order valence-electron chi connectivity index (χ1n) is 6.63. The molecule has 0 unspecified atom stereocenters. The summed E-state index contributed by atoms with van der Waals surface area (Å²) in [5, 5.41) is 3.55. The number of oxime groups is 1. The molecule has 2 aromatic carbocycles. The molecule has 6 heteroatoms. The SMILES string of the molecule is CCOc1ccc(C(=O)O/N=C(\N)c2ccc(F)cc2)cc1. The molecule has 0 aliphatic rings. The smallest absolute Gasteiger partial charge is 0.365 e. The van der Waals surface area contributed by atoms with E-state index in [2.05, 4.69) is 5.16 Å². The Hall–Kier alpha value is -2.89. The molecule has 0 fully saturated rings. The summed E-state index contributed by atoms with van der Waals surface area (Å²) in [4.78, 5) is 16.6. The van der Waals surface area contributed by atoms with E-state index in [1.807, 2.05) is 6.92 Å². The number of ether oxygens (including phenoxy) is 1. The van der Waals surface area contributed by atoms with Crippen LogP contribution in [0.2, 0.25) is 0 Å². The van der Waals surface area contributed by atoms with E-state index in [9.17, 15) is 9.18 Å². The van der Waals surface area contributed by atoms with Gasteiger partial charge in [0.1, 0.15) is 11.6 Å². The highest BCUT2D eigenvalue weighted by Gasteiger charge is 2.08. The fraction of sp³-hybridized carbons (Fsp3) is 0.125. The molecule has 22 heavy (non-hydrogen) atoms. The molecule has 2 rings (SSSR count). The van der Waals surface area contributed by atoms with Gasteiger partial charge in [-0.05, 0) is 55.5 Å². The van der Waals surface area contributed by atoms with E-state index in [-0.39, 0.29) is 11.7 Å². The van der Waals surface area contributed by atoms with E-state index in [0.717, 1.165) is 0 Å². The van der Waals surface area contributed by atoms with E-state index < -0.39 is 5.97 Å². The maximum Gasteiger partial charge on any atom is 0.365 e. The molecule has 0 radical (unpaired) electrons. The Morgan fingerprint density at radius 3 is 2.27 bits per heavy atom. The summed E-state index contributed by atoms with van der Waals surface area (Å²) < 4.78 is 18.1. The quantitative estimate of drug-likeness (QED) is 0.399. The van der Waals surface area contributed by atoms with Crippen molar-refractivity contribution in [3.8, 4) is 5.75 Å². The Balaban J connectivity index is 2.01. The monoisotopic (exact) mass is 302 g/mol. The number of carbonyl (C=O) groups is 1. The number of benzene rings is 2. The second kappa shape index (κ2) is 7.21. The molecule has 5 nitrogen and oxygen atoms in total. The van der Waals surface area contributed by atoms with Crippen LogP contribution in [-0.2, 0) is 4.84 Å². The minimum atomic E-state index is -0.645. The molecule has 0 atom stereocenters. The van der Waals surface area contributed by atoms with Gasteiger partial charge in [0.05, 0.1) is 12.2 Å². The highest BCUT2D eigenvalue weighted by Crippen LogP contribution is 2.13. The first kappa shape index (κ1) is 15.5. The summed E-state index contributed by atoms with van der Waals surface area (Å²) in [5.74, 6) is -0.385. The van der Waals surface area contributed by atoms with Crippen LogP contribution in [0.1, 0.15) is 22.8 Å². The van der Waals surface area contributed by atoms with Gasteiger partial charge in [-0.25, -0.2) is 9.18 Å². The minimum Gasteiger partial charge on any atom is -0.494 e. The minimum absolute atomic E-state index is 0.0145. The molecular weight excluding hydrogens is 287 g/mol. The molecule has 114 valence electrons. The lowest BCUT2D eigenvalue weighted by Crippen LogP contribution is -2.15. The molecule has 2 N–H and O–H groups in total. The van der Waals surface area contributed by atoms with Crippen molar-refractivity contribution >= 4 is 11.8 Å².